The number of carbonyl (C=O) groups excluding carboxylic acids is 2. The molecule has 2 aliphatic heterocycles. The van der Waals surface area contributed by atoms with Gasteiger partial charge in [0, 0.05) is 32.4 Å². The quantitative estimate of drug-likeness (QED) is 0.847. The number of nitrogens with one attached hydrogen (secondary N) is 2. The highest BCUT2D eigenvalue weighted by atomic mass is 16.2. The normalized spacial score (nSPS) is 17.0. The van der Waals surface area contributed by atoms with E-state index in [4.69, 9.17) is 0 Å². The van der Waals surface area contributed by atoms with Gasteiger partial charge in [-0.05, 0) is 37.1 Å². The van der Waals surface area contributed by atoms with Crippen molar-refractivity contribution < 1.29 is 9.59 Å². The Labute approximate surface area is 157 Å². The summed E-state index contributed by atoms with van der Waals surface area (Å²) in [6.07, 6.45) is 5.58. The summed E-state index contributed by atoms with van der Waals surface area (Å²) in [6.45, 7) is 3.49. The van der Waals surface area contributed by atoms with Crippen LogP contribution in [0.25, 0.3) is 0 Å². The van der Waals surface area contributed by atoms with Gasteiger partial charge >= 0.3 is 0 Å². The molecule has 4 rings (SSSR count). The minimum absolute atomic E-state index is 0.00792. The molecular formula is C19H22N6O2. The molecule has 0 saturated carbocycles. The molecule has 2 N–H and O–H groups in total. The summed E-state index contributed by atoms with van der Waals surface area (Å²) >= 11 is 0. The third-order valence-electron chi connectivity index (χ3n) is 4.80. The number of rotatable bonds is 4. The number of aromatic nitrogens is 2. The fourth-order valence-corrected chi connectivity index (χ4v) is 3.43. The van der Waals surface area contributed by atoms with E-state index in [-0.39, 0.29) is 11.8 Å². The summed E-state index contributed by atoms with van der Waals surface area (Å²) in [5, 5.41) is 5.69. The topological polar surface area (TPSA) is 90.5 Å². The maximum Gasteiger partial charge on any atom is 0.259 e. The van der Waals surface area contributed by atoms with Crippen LogP contribution in [-0.2, 0) is 4.79 Å². The Hall–Kier alpha value is -3.16. The lowest BCUT2D eigenvalue weighted by Gasteiger charge is -2.27. The van der Waals surface area contributed by atoms with Crippen LogP contribution in [0, 0.1) is 0 Å². The molecule has 2 aliphatic rings. The predicted molar refractivity (Wildman–Crippen MR) is 103 cm³/mol. The van der Waals surface area contributed by atoms with E-state index in [0.29, 0.717) is 24.3 Å². The van der Waals surface area contributed by atoms with E-state index in [1.54, 1.807) is 30.6 Å². The molecule has 0 atom stereocenters. The number of nitrogens with zero attached hydrogens (tertiary/aromatic N) is 4. The molecule has 0 radical (unpaired) electrons. The first-order valence-electron chi connectivity index (χ1n) is 9.20. The lowest BCUT2D eigenvalue weighted by molar-refractivity contribution is -0.120. The summed E-state index contributed by atoms with van der Waals surface area (Å²) in [7, 11) is 0. The summed E-state index contributed by atoms with van der Waals surface area (Å²) < 4.78 is 0. The van der Waals surface area contributed by atoms with E-state index in [1.165, 1.54) is 0 Å². The second-order valence-corrected chi connectivity index (χ2v) is 6.70. The highest BCUT2D eigenvalue weighted by molar-refractivity contribution is 6.07. The van der Waals surface area contributed by atoms with Crippen molar-refractivity contribution in [2.75, 3.05) is 47.8 Å². The molecule has 8 nitrogen and oxygen atoms in total. The number of hydrogen-bond donors (Lipinski definition) is 2. The SMILES string of the molecule is O=C1CN(c2ccc(NC(=O)c3cccnc3N3CCCC3)cn2)CCN1. The van der Waals surface area contributed by atoms with E-state index < -0.39 is 0 Å². The fourth-order valence-electron chi connectivity index (χ4n) is 3.43. The van der Waals surface area contributed by atoms with Gasteiger partial charge in [-0.2, -0.15) is 0 Å². The van der Waals surface area contributed by atoms with Crippen molar-refractivity contribution in [2.45, 2.75) is 12.8 Å². The Balaban J connectivity index is 1.46. The van der Waals surface area contributed by atoms with Crippen molar-refractivity contribution in [1.29, 1.82) is 0 Å². The Morgan fingerprint density at radius 2 is 1.93 bits per heavy atom. The number of hydrogen-bond acceptors (Lipinski definition) is 6. The zero-order valence-corrected chi connectivity index (χ0v) is 15.0. The predicted octanol–water partition coefficient (Wildman–Crippen LogP) is 1.27. The average Bonchev–Trinajstić information content (AvgIpc) is 3.23. The van der Waals surface area contributed by atoms with Crippen LogP contribution in [0.2, 0.25) is 0 Å². The van der Waals surface area contributed by atoms with Crippen molar-refractivity contribution in [1.82, 2.24) is 15.3 Å². The molecule has 2 amide bonds. The van der Waals surface area contributed by atoms with Crippen LogP contribution >= 0.6 is 0 Å². The third kappa shape index (κ3) is 3.84. The van der Waals surface area contributed by atoms with Gasteiger partial charge in [0.25, 0.3) is 5.91 Å². The summed E-state index contributed by atoms with van der Waals surface area (Å²) in [4.78, 5) is 37.1. The lowest BCUT2D eigenvalue weighted by atomic mass is 10.2. The number of anilines is 3. The highest BCUT2D eigenvalue weighted by Crippen LogP contribution is 2.23. The highest BCUT2D eigenvalue weighted by Gasteiger charge is 2.21. The Morgan fingerprint density at radius 3 is 2.67 bits per heavy atom. The standard InChI is InChI=1S/C19H22N6O2/c26-17-13-25(11-8-20-17)16-6-5-14(12-22-16)23-19(27)15-4-3-7-21-18(15)24-9-1-2-10-24/h3-7,12H,1-2,8-11,13H2,(H,20,26)(H,23,27). The largest absolute Gasteiger partial charge is 0.356 e. The Bertz CT molecular complexity index is 832. The first-order valence-corrected chi connectivity index (χ1v) is 9.20. The van der Waals surface area contributed by atoms with Gasteiger partial charge in [-0.25, -0.2) is 9.97 Å². The summed E-state index contributed by atoms with van der Waals surface area (Å²) in [6, 6.07) is 7.19. The maximum atomic E-state index is 12.8. The Morgan fingerprint density at radius 1 is 1.07 bits per heavy atom. The van der Waals surface area contributed by atoms with Crippen molar-refractivity contribution >= 4 is 29.1 Å². The molecule has 0 spiro atoms. The van der Waals surface area contributed by atoms with E-state index in [0.717, 1.165) is 44.1 Å². The van der Waals surface area contributed by atoms with Crippen molar-refractivity contribution in [3.05, 3.63) is 42.2 Å². The van der Waals surface area contributed by atoms with Crippen LogP contribution in [0.3, 0.4) is 0 Å². The van der Waals surface area contributed by atoms with Gasteiger partial charge in [0.15, 0.2) is 0 Å². The zero-order valence-electron chi connectivity index (χ0n) is 15.0. The smallest absolute Gasteiger partial charge is 0.259 e. The van der Waals surface area contributed by atoms with Crippen molar-refractivity contribution in [3.63, 3.8) is 0 Å². The summed E-state index contributed by atoms with van der Waals surface area (Å²) in [5.74, 6) is 1.25. The summed E-state index contributed by atoms with van der Waals surface area (Å²) in [5.41, 5.74) is 1.18. The molecule has 0 bridgehead atoms. The van der Waals surface area contributed by atoms with Crippen molar-refractivity contribution in [2.24, 2.45) is 0 Å². The molecule has 2 fully saturated rings. The lowest BCUT2D eigenvalue weighted by Crippen LogP contribution is -2.48. The van der Waals surface area contributed by atoms with Gasteiger partial charge in [-0.1, -0.05) is 0 Å². The second kappa shape index (κ2) is 7.61. The third-order valence-corrected chi connectivity index (χ3v) is 4.80. The van der Waals surface area contributed by atoms with Crippen LogP contribution in [0.15, 0.2) is 36.7 Å². The van der Waals surface area contributed by atoms with E-state index >= 15 is 0 Å². The van der Waals surface area contributed by atoms with Gasteiger partial charge in [-0.3, -0.25) is 9.59 Å². The molecular weight excluding hydrogens is 344 g/mol. The van der Waals surface area contributed by atoms with Gasteiger partial charge in [0.1, 0.15) is 11.6 Å². The fraction of sp³-hybridized carbons (Fsp3) is 0.368. The molecule has 140 valence electrons. The minimum atomic E-state index is -0.197. The van der Waals surface area contributed by atoms with Crippen molar-refractivity contribution in [3.8, 4) is 0 Å². The molecule has 8 heteroatoms. The van der Waals surface area contributed by atoms with Crippen LogP contribution in [-0.4, -0.2) is 54.5 Å². The first kappa shape index (κ1) is 17.3. The molecule has 0 aromatic carbocycles. The first-order chi connectivity index (χ1) is 13.2. The minimum Gasteiger partial charge on any atom is -0.356 e. The molecule has 27 heavy (non-hydrogen) atoms. The maximum absolute atomic E-state index is 12.8. The monoisotopic (exact) mass is 366 g/mol. The zero-order chi connectivity index (χ0) is 18.6. The number of carbonyl (C=O) groups is 2. The van der Waals surface area contributed by atoms with E-state index in [1.807, 2.05) is 11.0 Å². The number of piperazine rings is 1. The van der Waals surface area contributed by atoms with Gasteiger partial charge in [-0.15, -0.1) is 0 Å². The van der Waals surface area contributed by atoms with Crippen LogP contribution in [0.4, 0.5) is 17.3 Å². The van der Waals surface area contributed by atoms with Gasteiger partial charge in [0.05, 0.1) is 24.0 Å². The van der Waals surface area contributed by atoms with E-state index in [2.05, 4.69) is 25.5 Å². The number of pyridine rings is 2. The van der Waals surface area contributed by atoms with Gasteiger partial charge < -0.3 is 20.4 Å². The van der Waals surface area contributed by atoms with Crippen LogP contribution in [0.1, 0.15) is 23.2 Å². The van der Waals surface area contributed by atoms with Crippen LogP contribution in [0.5, 0.6) is 0 Å². The molecule has 0 unspecified atom stereocenters. The van der Waals surface area contributed by atoms with E-state index in [9.17, 15) is 9.59 Å². The average molecular weight is 366 g/mol. The van der Waals surface area contributed by atoms with Crippen LogP contribution < -0.4 is 20.4 Å². The molecule has 2 aromatic rings. The number of amides is 2. The second-order valence-electron chi connectivity index (χ2n) is 6.70. The molecule has 4 heterocycles. The van der Waals surface area contributed by atoms with Gasteiger partial charge in [0.2, 0.25) is 5.91 Å². The molecule has 2 aromatic heterocycles. The molecule has 2 saturated heterocycles. The molecule has 0 aliphatic carbocycles. The Kier molecular flexibility index (Phi) is 4.86.